The van der Waals surface area contributed by atoms with Crippen molar-refractivity contribution in [1.29, 1.82) is 0 Å². The Morgan fingerprint density at radius 3 is 2.86 bits per heavy atom. The van der Waals surface area contributed by atoms with Crippen LogP contribution in [0.15, 0.2) is 0 Å². The molecule has 0 unspecified atom stereocenters. The lowest BCUT2D eigenvalue weighted by atomic mass is 10.5. The van der Waals surface area contributed by atoms with Gasteiger partial charge in [0.05, 0.1) is 6.61 Å². The van der Waals surface area contributed by atoms with E-state index in [2.05, 4.69) is 9.22 Å². The molecule has 0 aliphatic carbocycles. The van der Waals surface area contributed by atoms with E-state index in [0.717, 1.165) is 12.0 Å². The van der Waals surface area contributed by atoms with Gasteiger partial charge in [-0.25, -0.2) is 4.89 Å². The first-order valence-corrected chi connectivity index (χ1v) is 2.63. The smallest absolute Gasteiger partial charge is 0.221 e. The van der Waals surface area contributed by atoms with Gasteiger partial charge in [0.1, 0.15) is 12.0 Å². The van der Waals surface area contributed by atoms with Crippen molar-refractivity contribution in [3.63, 3.8) is 0 Å². The molecule has 0 saturated carbocycles. The molecule has 1 saturated heterocycles. The van der Waals surface area contributed by atoms with Crippen molar-refractivity contribution in [2.24, 2.45) is 0 Å². The van der Waals surface area contributed by atoms with E-state index in [-0.39, 0.29) is 5.12 Å². The highest BCUT2D eigenvalue weighted by molar-refractivity contribution is 8.09. The van der Waals surface area contributed by atoms with Gasteiger partial charge in [0.2, 0.25) is 5.12 Å². The summed E-state index contributed by atoms with van der Waals surface area (Å²) in [4.78, 5) is 14.6. The van der Waals surface area contributed by atoms with Crippen LogP contribution in [0.5, 0.6) is 0 Å². The normalized spacial score (nSPS) is 22.6. The first-order chi connectivity index (χ1) is 3.39. The largest absolute Gasteiger partial charge is 0.285 e. The highest BCUT2D eigenvalue weighted by Crippen LogP contribution is 2.12. The minimum atomic E-state index is 0.0336. The van der Waals surface area contributed by atoms with Crippen LogP contribution in [0.2, 0.25) is 0 Å². The van der Waals surface area contributed by atoms with Crippen molar-refractivity contribution in [2.45, 2.75) is 6.42 Å². The molecule has 1 aliphatic heterocycles. The van der Waals surface area contributed by atoms with Crippen LogP contribution < -0.4 is 0 Å². The molecule has 1 aliphatic rings. The Hall–Kier alpha value is -0.0600. The van der Waals surface area contributed by atoms with Gasteiger partial charge in [-0.1, -0.05) is 0 Å². The second-order valence-corrected chi connectivity index (χ2v) is 1.85. The van der Waals surface area contributed by atoms with Crippen LogP contribution in [0.1, 0.15) is 6.42 Å². The fourth-order valence-corrected chi connectivity index (χ4v) is 0.621. The van der Waals surface area contributed by atoms with Crippen molar-refractivity contribution in [1.82, 2.24) is 0 Å². The van der Waals surface area contributed by atoms with Crippen LogP contribution in [-0.4, -0.2) is 11.7 Å². The summed E-state index contributed by atoms with van der Waals surface area (Å²) >= 11 is 0.757. The molecular weight excluding hydrogens is 116 g/mol. The zero-order valence-corrected chi connectivity index (χ0v) is 4.36. The molecule has 0 spiro atoms. The highest BCUT2D eigenvalue weighted by atomic mass is 32.2. The summed E-state index contributed by atoms with van der Waals surface area (Å²) in [6.07, 6.45) is 0.463. The minimum Gasteiger partial charge on any atom is -0.285 e. The number of hydrogen-bond acceptors (Lipinski definition) is 4. The van der Waals surface area contributed by atoms with E-state index >= 15 is 0 Å². The summed E-state index contributed by atoms with van der Waals surface area (Å²) in [5.74, 6) is 0. The van der Waals surface area contributed by atoms with Gasteiger partial charge in [0, 0.05) is 6.42 Å². The van der Waals surface area contributed by atoms with Crippen LogP contribution >= 0.6 is 12.0 Å². The zero-order chi connectivity index (χ0) is 5.11. The minimum absolute atomic E-state index is 0.0336. The summed E-state index contributed by atoms with van der Waals surface area (Å²) in [5.41, 5.74) is 0. The molecule has 40 valence electrons. The molecule has 3 nitrogen and oxygen atoms in total. The maximum absolute atomic E-state index is 10.2. The second-order valence-electron chi connectivity index (χ2n) is 1.10. The highest BCUT2D eigenvalue weighted by Gasteiger charge is 2.09. The first kappa shape index (κ1) is 5.08. The molecule has 0 radical (unpaired) electrons. The SMILES string of the molecule is O=C1CCOOS1. The van der Waals surface area contributed by atoms with Gasteiger partial charge >= 0.3 is 0 Å². The third-order valence-electron chi connectivity index (χ3n) is 0.565. The molecular formula is C3H4O3S. The summed E-state index contributed by atoms with van der Waals surface area (Å²) in [7, 11) is 0. The Bertz CT molecular complexity index is 74.2. The molecule has 1 rings (SSSR count). The van der Waals surface area contributed by atoms with Crippen LogP contribution in [-0.2, 0) is 14.0 Å². The Morgan fingerprint density at radius 1 is 1.71 bits per heavy atom. The maximum Gasteiger partial charge on any atom is 0.221 e. The van der Waals surface area contributed by atoms with E-state index in [4.69, 9.17) is 0 Å². The Labute approximate surface area is 45.1 Å². The zero-order valence-electron chi connectivity index (χ0n) is 3.55. The van der Waals surface area contributed by atoms with Gasteiger partial charge in [-0.05, 0) is 0 Å². The lowest BCUT2D eigenvalue weighted by Crippen LogP contribution is -2.06. The summed E-state index contributed by atoms with van der Waals surface area (Å²) in [5, 5.41) is 0.0336. The maximum atomic E-state index is 10.2. The number of carbonyl (C=O) groups is 1. The molecule has 0 aromatic rings. The van der Waals surface area contributed by atoms with Gasteiger partial charge < -0.3 is 0 Å². The average Bonchev–Trinajstić information content (AvgIpc) is 1.69. The van der Waals surface area contributed by atoms with E-state index < -0.39 is 0 Å². The van der Waals surface area contributed by atoms with Crippen LogP contribution in [0.3, 0.4) is 0 Å². The Morgan fingerprint density at radius 2 is 2.57 bits per heavy atom. The van der Waals surface area contributed by atoms with Crippen LogP contribution in [0.25, 0.3) is 0 Å². The molecule has 1 fully saturated rings. The van der Waals surface area contributed by atoms with Crippen molar-refractivity contribution in [2.75, 3.05) is 6.61 Å². The van der Waals surface area contributed by atoms with Gasteiger partial charge in [-0.15, -0.1) is 0 Å². The monoisotopic (exact) mass is 120 g/mol. The predicted octanol–water partition coefficient (Wildman–Crippen LogP) is 0.513. The third-order valence-corrected chi connectivity index (χ3v) is 1.12. The van der Waals surface area contributed by atoms with Crippen LogP contribution in [0, 0.1) is 0 Å². The predicted molar refractivity (Wildman–Crippen MR) is 24.3 cm³/mol. The lowest BCUT2D eigenvalue weighted by Gasteiger charge is -2.04. The van der Waals surface area contributed by atoms with Crippen LogP contribution in [0.4, 0.5) is 0 Å². The summed E-state index contributed by atoms with van der Waals surface area (Å²) in [6, 6.07) is 0. The third kappa shape index (κ3) is 1.46. The van der Waals surface area contributed by atoms with Gasteiger partial charge in [0.15, 0.2) is 0 Å². The number of carbonyl (C=O) groups excluding carboxylic acids is 1. The Balaban J connectivity index is 2.25. The van der Waals surface area contributed by atoms with E-state index in [1.54, 1.807) is 0 Å². The molecule has 0 aromatic carbocycles. The van der Waals surface area contributed by atoms with Crippen molar-refractivity contribution in [3.05, 3.63) is 0 Å². The standard InChI is InChI=1S/C3H4O3S/c4-3-1-2-5-6-7-3/h1-2H2. The molecule has 0 bridgehead atoms. The summed E-state index contributed by atoms with van der Waals surface area (Å²) in [6.45, 7) is 0.395. The number of rotatable bonds is 0. The molecule has 1 heterocycles. The molecule has 4 heteroatoms. The van der Waals surface area contributed by atoms with Crippen molar-refractivity contribution < 1.29 is 14.0 Å². The molecule has 7 heavy (non-hydrogen) atoms. The quantitative estimate of drug-likeness (QED) is 0.344. The number of hydrogen-bond donors (Lipinski definition) is 0. The summed E-state index contributed by atoms with van der Waals surface area (Å²) < 4.78 is 4.25. The second kappa shape index (κ2) is 2.30. The van der Waals surface area contributed by atoms with E-state index in [1.165, 1.54) is 0 Å². The van der Waals surface area contributed by atoms with Gasteiger partial charge in [-0.2, -0.15) is 4.33 Å². The molecule has 0 aromatic heterocycles. The molecule has 0 N–H and O–H groups in total. The fourth-order valence-electron chi connectivity index (χ4n) is 0.263. The molecule has 0 amide bonds. The van der Waals surface area contributed by atoms with E-state index in [9.17, 15) is 4.79 Å². The lowest BCUT2D eigenvalue weighted by molar-refractivity contribution is -0.198. The fraction of sp³-hybridized carbons (Fsp3) is 0.667. The van der Waals surface area contributed by atoms with E-state index in [1.807, 2.05) is 0 Å². The first-order valence-electron chi connectivity index (χ1n) is 1.88. The van der Waals surface area contributed by atoms with Gasteiger partial charge in [-0.3, -0.25) is 4.79 Å². The topological polar surface area (TPSA) is 35.5 Å². The molecule has 0 atom stereocenters. The van der Waals surface area contributed by atoms with Crippen molar-refractivity contribution >= 4 is 17.2 Å². The van der Waals surface area contributed by atoms with Crippen molar-refractivity contribution in [3.8, 4) is 0 Å². The van der Waals surface area contributed by atoms with Gasteiger partial charge in [0.25, 0.3) is 0 Å². The van der Waals surface area contributed by atoms with E-state index in [0.29, 0.717) is 13.0 Å². The average molecular weight is 120 g/mol. The Kier molecular flexibility index (Phi) is 1.67.